The minimum absolute atomic E-state index is 0.109. The van der Waals surface area contributed by atoms with E-state index in [0.717, 1.165) is 38.1 Å². The Balaban J connectivity index is 1.64. The summed E-state index contributed by atoms with van der Waals surface area (Å²) in [7, 11) is 1.99. The molecule has 2 unspecified atom stereocenters. The fraction of sp³-hybridized carbons (Fsp3) is 0.810. The Bertz CT molecular complexity index is 634. The highest BCUT2D eigenvalue weighted by Gasteiger charge is 2.31. The molecule has 6 nitrogen and oxygen atoms in total. The highest BCUT2D eigenvalue weighted by atomic mass is 15.3. The Morgan fingerprint density at radius 1 is 1.30 bits per heavy atom. The minimum atomic E-state index is 0.109. The number of piperidine rings is 1. The Hall–Kier alpha value is -1.56. The lowest BCUT2D eigenvalue weighted by Crippen LogP contribution is -2.51. The summed E-state index contributed by atoms with van der Waals surface area (Å²) in [5, 5.41) is 7.86. The van der Waals surface area contributed by atoms with Gasteiger partial charge in [-0.05, 0) is 58.1 Å². The van der Waals surface area contributed by atoms with Gasteiger partial charge in [-0.2, -0.15) is 5.10 Å². The maximum absolute atomic E-state index is 5.07. The van der Waals surface area contributed by atoms with E-state index < -0.39 is 0 Å². The van der Waals surface area contributed by atoms with Crippen LogP contribution in [0.3, 0.4) is 0 Å². The highest BCUT2D eigenvalue weighted by Crippen LogP contribution is 2.27. The SMILES string of the molecule is CCNC(=NCC(C)(C)N1CCCC(C)C1)N1CCC(c2cnn(C)c2)C1. The third kappa shape index (κ3) is 5.03. The first kappa shape index (κ1) is 20.2. The van der Waals surface area contributed by atoms with Crippen LogP contribution in [-0.2, 0) is 7.05 Å². The van der Waals surface area contributed by atoms with E-state index in [1.165, 1.54) is 37.9 Å². The molecule has 3 rings (SSSR count). The third-order valence-electron chi connectivity index (χ3n) is 6.15. The molecule has 1 aromatic heterocycles. The fourth-order valence-corrected chi connectivity index (χ4v) is 4.41. The van der Waals surface area contributed by atoms with Gasteiger partial charge in [0.25, 0.3) is 0 Å². The van der Waals surface area contributed by atoms with E-state index in [1.807, 2.05) is 17.9 Å². The van der Waals surface area contributed by atoms with E-state index in [2.05, 4.69) is 54.1 Å². The number of aryl methyl sites for hydroxylation is 1. The second-order valence-electron chi connectivity index (χ2n) is 9.05. The fourth-order valence-electron chi connectivity index (χ4n) is 4.41. The highest BCUT2D eigenvalue weighted by molar-refractivity contribution is 5.80. The van der Waals surface area contributed by atoms with Crippen LogP contribution >= 0.6 is 0 Å². The van der Waals surface area contributed by atoms with Crippen molar-refractivity contribution < 1.29 is 0 Å². The molecule has 152 valence electrons. The summed E-state index contributed by atoms with van der Waals surface area (Å²) in [5.74, 6) is 2.43. The number of likely N-dealkylation sites (tertiary alicyclic amines) is 2. The second-order valence-corrected chi connectivity index (χ2v) is 9.05. The normalized spacial score (nSPS) is 25.2. The molecule has 1 aromatic rings. The van der Waals surface area contributed by atoms with Crippen molar-refractivity contribution in [3.63, 3.8) is 0 Å². The van der Waals surface area contributed by atoms with Crippen molar-refractivity contribution in [2.45, 2.75) is 58.4 Å². The number of aromatic nitrogens is 2. The molecule has 0 aliphatic carbocycles. The Labute approximate surface area is 165 Å². The predicted octanol–water partition coefficient (Wildman–Crippen LogP) is 2.69. The number of hydrogen-bond acceptors (Lipinski definition) is 3. The van der Waals surface area contributed by atoms with E-state index in [9.17, 15) is 0 Å². The zero-order chi connectivity index (χ0) is 19.4. The van der Waals surface area contributed by atoms with Gasteiger partial charge >= 0.3 is 0 Å². The zero-order valence-electron chi connectivity index (χ0n) is 17.9. The molecule has 6 heteroatoms. The van der Waals surface area contributed by atoms with E-state index in [-0.39, 0.29) is 5.54 Å². The van der Waals surface area contributed by atoms with Gasteiger partial charge in [-0.15, -0.1) is 0 Å². The summed E-state index contributed by atoms with van der Waals surface area (Å²) in [6.07, 6.45) is 8.01. The monoisotopic (exact) mass is 374 g/mol. The summed E-state index contributed by atoms with van der Waals surface area (Å²) in [6.45, 7) is 15.5. The summed E-state index contributed by atoms with van der Waals surface area (Å²) < 4.78 is 1.90. The van der Waals surface area contributed by atoms with Gasteiger partial charge in [0.15, 0.2) is 5.96 Å². The number of nitrogens with zero attached hydrogens (tertiary/aromatic N) is 5. The van der Waals surface area contributed by atoms with Crippen LogP contribution in [0.4, 0.5) is 0 Å². The van der Waals surface area contributed by atoms with Crippen molar-refractivity contribution in [1.29, 1.82) is 0 Å². The van der Waals surface area contributed by atoms with Gasteiger partial charge < -0.3 is 10.2 Å². The molecule has 2 aliphatic heterocycles. The molecule has 0 aromatic carbocycles. The Morgan fingerprint density at radius 3 is 2.78 bits per heavy atom. The van der Waals surface area contributed by atoms with Crippen molar-refractivity contribution in [2.24, 2.45) is 18.0 Å². The lowest BCUT2D eigenvalue weighted by Gasteiger charge is -2.42. The summed E-state index contributed by atoms with van der Waals surface area (Å²) in [5.41, 5.74) is 1.45. The lowest BCUT2D eigenvalue weighted by atomic mass is 9.94. The van der Waals surface area contributed by atoms with Crippen LogP contribution in [0.2, 0.25) is 0 Å². The molecule has 0 spiro atoms. The molecule has 3 heterocycles. The summed E-state index contributed by atoms with van der Waals surface area (Å²) in [6, 6.07) is 0. The molecular weight excluding hydrogens is 336 g/mol. The van der Waals surface area contributed by atoms with E-state index >= 15 is 0 Å². The van der Waals surface area contributed by atoms with Gasteiger partial charge in [0, 0.05) is 50.9 Å². The first-order chi connectivity index (χ1) is 12.9. The maximum Gasteiger partial charge on any atom is 0.194 e. The Morgan fingerprint density at radius 2 is 2.11 bits per heavy atom. The summed E-state index contributed by atoms with van der Waals surface area (Å²) >= 11 is 0. The van der Waals surface area contributed by atoms with Crippen molar-refractivity contribution >= 4 is 5.96 Å². The van der Waals surface area contributed by atoms with E-state index in [4.69, 9.17) is 4.99 Å². The average Bonchev–Trinajstić information content (AvgIpc) is 3.27. The van der Waals surface area contributed by atoms with Crippen LogP contribution in [0.25, 0.3) is 0 Å². The van der Waals surface area contributed by atoms with E-state index in [0.29, 0.717) is 5.92 Å². The molecule has 2 aliphatic rings. The molecule has 0 bridgehead atoms. The molecule has 2 atom stereocenters. The maximum atomic E-state index is 5.07. The van der Waals surface area contributed by atoms with Gasteiger partial charge in [0.05, 0.1) is 12.7 Å². The number of guanidine groups is 1. The quantitative estimate of drug-likeness (QED) is 0.636. The first-order valence-electron chi connectivity index (χ1n) is 10.7. The molecule has 0 radical (unpaired) electrons. The van der Waals surface area contributed by atoms with Crippen LogP contribution in [0.1, 0.15) is 58.4 Å². The van der Waals surface area contributed by atoms with Crippen LogP contribution in [0.15, 0.2) is 17.4 Å². The van der Waals surface area contributed by atoms with Gasteiger partial charge in [-0.3, -0.25) is 14.6 Å². The largest absolute Gasteiger partial charge is 0.357 e. The zero-order valence-corrected chi connectivity index (χ0v) is 17.9. The summed E-state index contributed by atoms with van der Waals surface area (Å²) in [4.78, 5) is 10.1. The molecule has 0 saturated carbocycles. The van der Waals surface area contributed by atoms with Crippen LogP contribution in [0, 0.1) is 5.92 Å². The van der Waals surface area contributed by atoms with Crippen molar-refractivity contribution in [2.75, 3.05) is 39.3 Å². The molecular formula is C21H38N6. The number of aliphatic imine (C=N–C) groups is 1. The van der Waals surface area contributed by atoms with Crippen LogP contribution < -0.4 is 5.32 Å². The van der Waals surface area contributed by atoms with Crippen LogP contribution in [-0.4, -0.2) is 70.3 Å². The minimum Gasteiger partial charge on any atom is -0.357 e. The third-order valence-corrected chi connectivity index (χ3v) is 6.15. The topological polar surface area (TPSA) is 48.7 Å². The average molecular weight is 375 g/mol. The van der Waals surface area contributed by atoms with Crippen molar-refractivity contribution in [3.8, 4) is 0 Å². The molecule has 1 N–H and O–H groups in total. The molecule has 2 saturated heterocycles. The first-order valence-corrected chi connectivity index (χ1v) is 10.7. The number of nitrogens with one attached hydrogen (secondary N) is 1. The van der Waals surface area contributed by atoms with Crippen molar-refractivity contribution in [3.05, 3.63) is 18.0 Å². The van der Waals surface area contributed by atoms with Gasteiger partial charge in [-0.25, -0.2) is 0 Å². The number of hydrogen-bond donors (Lipinski definition) is 1. The van der Waals surface area contributed by atoms with Gasteiger partial charge in [0.2, 0.25) is 0 Å². The standard InChI is InChI=1S/C21H38N6/c1-6-22-20(23-16-21(3,4)27-10-7-8-17(2)13-27)26-11-9-18(15-26)19-12-24-25(5)14-19/h12,14,17-18H,6-11,13,15-16H2,1-5H3,(H,22,23). The molecule has 0 amide bonds. The smallest absolute Gasteiger partial charge is 0.194 e. The lowest BCUT2D eigenvalue weighted by molar-refractivity contribution is 0.0773. The predicted molar refractivity (Wildman–Crippen MR) is 112 cm³/mol. The van der Waals surface area contributed by atoms with E-state index in [1.54, 1.807) is 0 Å². The molecule has 27 heavy (non-hydrogen) atoms. The van der Waals surface area contributed by atoms with Crippen molar-refractivity contribution in [1.82, 2.24) is 24.9 Å². The van der Waals surface area contributed by atoms with Crippen LogP contribution in [0.5, 0.6) is 0 Å². The Kier molecular flexibility index (Phi) is 6.45. The van der Waals surface area contributed by atoms with Gasteiger partial charge in [-0.1, -0.05) is 6.92 Å². The van der Waals surface area contributed by atoms with Gasteiger partial charge in [0.1, 0.15) is 0 Å². The second kappa shape index (κ2) is 8.63. The number of rotatable bonds is 5. The molecule has 2 fully saturated rings.